The van der Waals surface area contributed by atoms with Crippen LogP contribution in [0.4, 0.5) is 10.1 Å². The predicted octanol–water partition coefficient (Wildman–Crippen LogP) is 5.27. The maximum atomic E-state index is 14.3. The lowest BCUT2D eigenvalue weighted by Gasteiger charge is -2.38. The van der Waals surface area contributed by atoms with Crippen molar-refractivity contribution < 1.29 is 4.39 Å². The Balaban J connectivity index is 1.86. The molecule has 1 nitrogen and oxygen atoms in total. The van der Waals surface area contributed by atoms with Crippen LogP contribution in [0.25, 0.3) is 0 Å². The third kappa shape index (κ3) is 1.98. The van der Waals surface area contributed by atoms with E-state index in [0.29, 0.717) is 11.8 Å². The Morgan fingerprint density at radius 3 is 2.77 bits per heavy atom. The Morgan fingerprint density at radius 1 is 1.14 bits per heavy atom. The van der Waals surface area contributed by atoms with E-state index in [-0.39, 0.29) is 11.9 Å². The van der Waals surface area contributed by atoms with Crippen LogP contribution in [0.1, 0.15) is 40.6 Å². The Morgan fingerprint density at radius 2 is 1.95 bits per heavy atom. The van der Waals surface area contributed by atoms with Gasteiger partial charge in [-0.3, -0.25) is 0 Å². The SMILES string of the molecule is Cc1cc(C)c2c(c1)N[C@H](c1ccccc1F)[C@H]1CC=C[C@H]21. The molecule has 2 aliphatic rings. The van der Waals surface area contributed by atoms with Gasteiger partial charge in [-0.25, -0.2) is 4.39 Å². The van der Waals surface area contributed by atoms with Crippen LogP contribution in [0.5, 0.6) is 0 Å². The predicted molar refractivity (Wildman–Crippen MR) is 88.7 cm³/mol. The van der Waals surface area contributed by atoms with Crippen molar-refractivity contribution in [3.05, 3.63) is 76.6 Å². The lowest BCUT2D eigenvalue weighted by atomic mass is 9.75. The summed E-state index contributed by atoms with van der Waals surface area (Å²) in [5.74, 6) is 0.672. The quantitative estimate of drug-likeness (QED) is 0.706. The van der Waals surface area contributed by atoms with E-state index in [0.717, 1.165) is 12.0 Å². The van der Waals surface area contributed by atoms with Gasteiger partial charge in [0.25, 0.3) is 0 Å². The third-order valence-electron chi connectivity index (χ3n) is 5.06. The van der Waals surface area contributed by atoms with E-state index in [4.69, 9.17) is 0 Å². The molecule has 3 atom stereocenters. The number of hydrogen-bond acceptors (Lipinski definition) is 1. The summed E-state index contributed by atoms with van der Waals surface area (Å²) < 4.78 is 14.3. The van der Waals surface area contributed by atoms with Crippen LogP contribution < -0.4 is 5.32 Å². The molecule has 0 unspecified atom stereocenters. The Hall–Kier alpha value is -2.09. The zero-order valence-electron chi connectivity index (χ0n) is 12.9. The van der Waals surface area contributed by atoms with Crippen molar-refractivity contribution in [3.8, 4) is 0 Å². The molecule has 22 heavy (non-hydrogen) atoms. The van der Waals surface area contributed by atoms with Crippen LogP contribution in [0, 0.1) is 25.6 Å². The minimum atomic E-state index is -0.113. The van der Waals surface area contributed by atoms with Gasteiger partial charge in [-0.2, -0.15) is 0 Å². The number of aryl methyl sites for hydroxylation is 2. The third-order valence-corrected chi connectivity index (χ3v) is 5.06. The van der Waals surface area contributed by atoms with Crippen molar-refractivity contribution in [2.45, 2.75) is 32.2 Å². The Labute approximate surface area is 130 Å². The van der Waals surface area contributed by atoms with E-state index < -0.39 is 0 Å². The van der Waals surface area contributed by atoms with Gasteiger partial charge in [-0.05, 0) is 55.0 Å². The van der Waals surface area contributed by atoms with Crippen molar-refractivity contribution in [3.63, 3.8) is 0 Å². The van der Waals surface area contributed by atoms with E-state index >= 15 is 0 Å². The molecule has 1 aliphatic heterocycles. The molecule has 2 aromatic carbocycles. The lowest BCUT2D eigenvalue weighted by Crippen LogP contribution is -2.30. The van der Waals surface area contributed by atoms with Crippen molar-refractivity contribution >= 4 is 5.69 Å². The highest BCUT2D eigenvalue weighted by Gasteiger charge is 2.39. The molecule has 4 rings (SSSR count). The monoisotopic (exact) mass is 293 g/mol. The molecule has 2 aromatic rings. The highest BCUT2D eigenvalue weighted by Crippen LogP contribution is 2.51. The minimum absolute atomic E-state index is 0.0369. The summed E-state index contributed by atoms with van der Waals surface area (Å²) >= 11 is 0. The van der Waals surface area contributed by atoms with Crippen LogP contribution in [-0.4, -0.2) is 0 Å². The highest BCUT2D eigenvalue weighted by atomic mass is 19.1. The fraction of sp³-hybridized carbons (Fsp3) is 0.300. The van der Waals surface area contributed by atoms with Crippen LogP contribution in [0.2, 0.25) is 0 Å². The molecule has 0 amide bonds. The summed E-state index contributed by atoms with van der Waals surface area (Å²) in [6.07, 6.45) is 5.56. The first-order chi connectivity index (χ1) is 10.6. The van der Waals surface area contributed by atoms with Gasteiger partial charge < -0.3 is 5.32 Å². The number of benzene rings is 2. The molecule has 1 heterocycles. The molecule has 0 saturated heterocycles. The van der Waals surface area contributed by atoms with E-state index in [2.05, 4.69) is 43.4 Å². The fourth-order valence-electron chi connectivity index (χ4n) is 4.18. The molecule has 0 saturated carbocycles. The molecule has 0 bridgehead atoms. The summed E-state index contributed by atoms with van der Waals surface area (Å²) in [7, 11) is 0. The van der Waals surface area contributed by atoms with Gasteiger partial charge in [0.2, 0.25) is 0 Å². The zero-order valence-corrected chi connectivity index (χ0v) is 12.9. The fourth-order valence-corrected chi connectivity index (χ4v) is 4.18. The van der Waals surface area contributed by atoms with Gasteiger partial charge >= 0.3 is 0 Å². The molecule has 0 spiro atoms. The molecule has 1 aliphatic carbocycles. The average molecular weight is 293 g/mol. The summed E-state index contributed by atoms with van der Waals surface area (Å²) in [6, 6.07) is 11.6. The van der Waals surface area contributed by atoms with Crippen LogP contribution >= 0.6 is 0 Å². The van der Waals surface area contributed by atoms with Crippen molar-refractivity contribution in [1.29, 1.82) is 0 Å². The summed E-state index contributed by atoms with van der Waals surface area (Å²) in [4.78, 5) is 0. The topological polar surface area (TPSA) is 12.0 Å². The van der Waals surface area contributed by atoms with Gasteiger partial charge in [0, 0.05) is 17.2 Å². The number of anilines is 1. The smallest absolute Gasteiger partial charge is 0.128 e. The molecule has 0 radical (unpaired) electrons. The van der Waals surface area contributed by atoms with Crippen molar-refractivity contribution in [2.75, 3.05) is 5.32 Å². The molecule has 2 heteroatoms. The summed E-state index contributed by atoms with van der Waals surface area (Å²) in [6.45, 7) is 4.30. The van der Waals surface area contributed by atoms with Crippen molar-refractivity contribution in [2.24, 2.45) is 5.92 Å². The Kier molecular flexibility index (Phi) is 3.07. The molecule has 112 valence electrons. The molecular formula is C20H20FN. The maximum Gasteiger partial charge on any atom is 0.128 e. The van der Waals surface area contributed by atoms with E-state index in [1.54, 1.807) is 12.1 Å². The van der Waals surface area contributed by atoms with Crippen molar-refractivity contribution in [1.82, 2.24) is 0 Å². The first kappa shape index (κ1) is 13.6. The normalized spacial score (nSPS) is 25.5. The van der Waals surface area contributed by atoms with Gasteiger partial charge in [0.1, 0.15) is 5.82 Å². The van der Waals surface area contributed by atoms with Crippen LogP contribution in [-0.2, 0) is 0 Å². The Bertz CT molecular complexity index is 762. The first-order valence-corrected chi connectivity index (χ1v) is 7.94. The molecule has 0 aromatic heterocycles. The number of nitrogens with one attached hydrogen (secondary N) is 1. The number of rotatable bonds is 1. The summed E-state index contributed by atoms with van der Waals surface area (Å²) in [5.41, 5.74) is 5.91. The highest BCUT2D eigenvalue weighted by molar-refractivity contribution is 5.63. The first-order valence-electron chi connectivity index (χ1n) is 7.94. The standard InChI is InChI=1S/C20H20FN/c1-12-10-13(2)19-14-7-5-8-15(14)20(22-18(19)11-12)16-6-3-4-9-17(16)21/h3-7,9-11,14-15,20,22H,8H2,1-2H3/t14-,15-,20-/m0/s1. The second-order valence-electron chi connectivity index (χ2n) is 6.54. The molecule has 0 fully saturated rings. The second kappa shape index (κ2) is 4.98. The van der Waals surface area contributed by atoms with Gasteiger partial charge in [-0.15, -0.1) is 0 Å². The molecular weight excluding hydrogens is 273 g/mol. The number of hydrogen-bond donors (Lipinski definition) is 1. The second-order valence-corrected chi connectivity index (χ2v) is 6.54. The molecule has 1 N–H and O–H groups in total. The number of fused-ring (bicyclic) bond motifs is 3. The lowest BCUT2D eigenvalue weighted by molar-refractivity contribution is 0.412. The van der Waals surface area contributed by atoms with E-state index in [1.165, 1.54) is 22.4 Å². The number of allylic oxidation sites excluding steroid dienone is 2. The minimum Gasteiger partial charge on any atom is -0.378 e. The van der Waals surface area contributed by atoms with Gasteiger partial charge in [-0.1, -0.05) is 36.4 Å². The number of halogens is 1. The van der Waals surface area contributed by atoms with E-state index in [9.17, 15) is 4.39 Å². The van der Waals surface area contributed by atoms with Gasteiger partial charge in [0.05, 0.1) is 6.04 Å². The average Bonchev–Trinajstić information content (AvgIpc) is 2.95. The van der Waals surface area contributed by atoms with Gasteiger partial charge in [0.15, 0.2) is 0 Å². The zero-order chi connectivity index (χ0) is 15.3. The largest absolute Gasteiger partial charge is 0.378 e. The van der Waals surface area contributed by atoms with Crippen LogP contribution in [0.3, 0.4) is 0 Å². The van der Waals surface area contributed by atoms with Crippen LogP contribution in [0.15, 0.2) is 48.6 Å². The summed E-state index contributed by atoms with van der Waals surface area (Å²) in [5, 5.41) is 3.63. The van der Waals surface area contributed by atoms with E-state index in [1.807, 2.05) is 12.1 Å². The maximum absolute atomic E-state index is 14.3.